The highest BCUT2D eigenvalue weighted by Crippen LogP contribution is 2.17. The van der Waals surface area contributed by atoms with Gasteiger partial charge in [0, 0.05) is 0 Å². The molecule has 0 bridgehead atoms. The summed E-state index contributed by atoms with van der Waals surface area (Å²) in [5.41, 5.74) is 5.40. The van der Waals surface area contributed by atoms with Gasteiger partial charge in [0.2, 0.25) is 5.91 Å². The number of hydrogen-bond acceptors (Lipinski definition) is 4. The predicted molar refractivity (Wildman–Crippen MR) is 73.9 cm³/mol. The molecule has 1 aromatic heterocycles. The first-order valence-electron chi connectivity index (χ1n) is 6.42. The molecule has 7 heteroatoms. The smallest absolute Gasteiger partial charge is 0.408 e. The fraction of sp³-hybridized carbons (Fsp3) is 0.615. The Balaban J connectivity index is 2.79. The van der Waals surface area contributed by atoms with Crippen molar-refractivity contribution >= 4 is 12.0 Å². The van der Waals surface area contributed by atoms with Gasteiger partial charge in [0.15, 0.2) is 0 Å². The van der Waals surface area contributed by atoms with Gasteiger partial charge in [-0.25, -0.2) is 9.78 Å². The number of alkyl carbamates (subject to hydrolysis) is 1. The van der Waals surface area contributed by atoms with Crippen molar-refractivity contribution in [1.29, 1.82) is 0 Å². The Morgan fingerprint density at radius 1 is 1.40 bits per heavy atom. The summed E-state index contributed by atoms with van der Waals surface area (Å²) in [6, 6.07) is -0.885. The molecule has 1 heterocycles. The molecule has 0 aliphatic heterocycles. The molecule has 112 valence electrons. The number of carbonyl (C=O) groups is 2. The van der Waals surface area contributed by atoms with E-state index in [4.69, 9.17) is 10.5 Å². The van der Waals surface area contributed by atoms with Gasteiger partial charge in [-0.2, -0.15) is 0 Å². The number of nitrogens with two attached hydrogens (primary N) is 1. The molecule has 0 saturated carbocycles. The Bertz CT molecular complexity index is 490. The maximum Gasteiger partial charge on any atom is 0.408 e. The highest BCUT2D eigenvalue weighted by molar-refractivity contribution is 5.78. The van der Waals surface area contributed by atoms with Gasteiger partial charge in [-0.3, -0.25) is 4.79 Å². The van der Waals surface area contributed by atoms with Crippen molar-refractivity contribution in [2.45, 2.75) is 52.3 Å². The third kappa shape index (κ3) is 4.25. The van der Waals surface area contributed by atoms with Crippen LogP contribution in [0.1, 0.15) is 52.4 Å². The number of amides is 2. The van der Waals surface area contributed by atoms with Crippen LogP contribution in [0.3, 0.4) is 0 Å². The number of nitrogens with zero attached hydrogens (tertiary/aromatic N) is 2. The lowest BCUT2D eigenvalue weighted by molar-refractivity contribution is -0.120. The lowest BCUT2D eigenvalue weighted by Gasteiger charge is -2.23. The van der Waals surface area contributed by atoms with Gasteiger partial charge in [-0.1, -0.05) is 0 Å². The summed E-state index contributed by atoms with van der Waals surface area (Å²) in [5.74, 6) is -0.464. The summed E-state index contributed by atoms with van der Waals surface area (Å²) < 4.78 is 6.81. The van der Waals surface area contributed by atoms with Gasteiger partial charge < -0.3 is 20.4 Å². The number of rotatable bonds is 4. The average molecular weight is 282 g/mol. The quantitative estimate of drug-likeness (QED) is 0.874. The minimum atomic E-state index is -0.565. The summed E-state index contributed by atoms with van der Waals surface area (Å²) in [5, 5.41) is 2.70. The summed E-state index contributed by atoms with van der Waals surface area (Å²) >= 11 is 0. The van der Waals surface area contributed by atoms with Crippen molar-refractivity contribution < 1.29 is 14.3 Å². The number of ether oxygens (including phenoxy) is 1. The van der Waals surface area contributed by atoms with E-state index in [1.165, 1.54) is 6.33 Å². The highest BCUT2D eigenvalue weighted by Gasteiger charge is 2.22. The first-order valence-corrected chi connectivity index (χ1v) is 6.42. The molecule has 0 aliphatic rings. The Kier molecular flexibility index (Phi) is 4.75. The van der Waals surface area contributed by atoms with Crippen molar-refractivity contribution in [3.05, 3.63) is 18.2 Å². The average Bonchev–Trinajstić information content (AvgIpc) is 2.73. The first-order chi connectivity index (χ1) is 9.11. The Labute approximate surface area is 118 Å². The van der Waals surface area contributed by atoms with E-state index in [1.807, 2.05) is 0 Å². The van der Waals surface area contributed by atoms with Gasteiger partial charge in [0.25, 0.3) is 0 Å². The van der Waals surface area contributed by atoms with Crippen LogP contribution in [0, 0.1) is 0 Å². The summed E-state index contributed by atoms with van der Waals surface area (Å²) in [6.07, 6.45) is 2.57. The van der Waals surface area contributed by atoms with E-state index in [9.17, 15) is 9.59 Å². The van der Waals surface area contributed by atoms with Crippen LogP contribution in [0.15, 0.2) is 12.5 Å². The molecule has 2 amide bonds. The number of nitrogens with one attached hydrogen (secondary N) is 1. The van der Waals surface area contributed by atoms with Crippen LogP contribution in [0.5, 0.6) is 0 Å². The zero-order valence-corrected chi connectivity index (χ0v) is 12.5. The van der Waals surface area contributed by atoms with Crippen LogP contribution in [0.4, 0.5) is 4.79 Å². The van der Waals surface area contributed by atoms with Crippen molar-refractivity contribution in [2.75, 3.05) is 0 Å². The van der Waals surface area contributed by atoms with E-state index in [0.29, 0.717) is 5.69 Å². The van der Waals surface area contributed by atoms with E-state index in [1.54, 1.807) is 45.4 Å². The van der Waals surface area contributed by atoms with Crippen LogP contribution >= 0.6 is 0 Å². The molecule has 1 aromatic rings. The number of carbonyl (C=O) groups excluding carboxylic acids is 2. The standard InChI is InChI=1S/C13H22N4O3/c1-8(16-12(19)20-13(3,4)5)10-6-15-7-17(10)9(2)11(14)18/h6-9H,1-5H3,(H2,14,18)(H,16,19)/t8-,9?/m1/s1. The lowest BCUT2D eigenvalue weighted by Crippen LogP contribution is -2.35. The van der Waals surface area contributed by atoms with Crippen LogP contribution < -0.4 is 11.1 Å². The van der Waals surface area contributed by atoms with E-state index in [-0.39, 0.29) is 6.04 Å². The highest BCUT2D eigenvalue weighted by atomic mass is 16.6. The van der Waals surface area contributed by atoms with E-state index in [0.717, 1.165) is 0 Å². The summed E-state index contributed by atoms with van der Waals surface area (Å²) in [4.78, 5) is 27.0. The lowest BCUT2D eigenvalue weighted by atomic mass is 10.2. The fourth-order valence-corrected chi connectivity index (χ4v) is 1.67. The second-order valence-electron chi connectivity index (χ2n) is 5.67. The molecule has 0 aromatic carbocycles. The van der Waals surface area contributed by atoms with E-state index in [2.05, 4.69) is 10.3 Å². The molecule has 20 heavy (non-hydrogen) atoms. The SMILES string of the molecule is CC(C(N)=O)n1cncc1[C@@H](C)NC(=O)OC(C)(C)C. The van der Waals surface area contributed by atoms with Gasteiger partial charge in [-0.15, -0.1) is 0 Å². The van der Waals surface area contributed by atoms with Gasteiger partial charge in [0.1, 0.15) is 11.6 Å². The first kappa shape index (κ1) is 16.0. The third-order valence-electron chi connectivity index (χ3n) is 2.70. The largest absolute Gasteiger partial charge is 0.444 e. The Morgan fingerprint density at radius 3 is 2.50 bits per heavy atom. The number of imidazole rings is 1. The van der Waals surface area contributed by atoms with Crippen molar-refractivity contribution in [1.82, 2.24) is 14.9 Å². The Hall–Kier alpha value is -2.05. The molecular formula is C13H22N4O3. The monoisotopic (exact) mass is 282 g/mol. The van der Waals surface area contributed by atoms with Crippen molar-refractivity contribution in [3.8, 4) is 0 Å². The van der Waals surface area contributed by atoms with Crippen molar-refractivity contribution in [2.24, 2.45) is 5.73 Å². The van der Waals surface area contributed by atoms with Gasteiger partial charge >= 0.3 is 6.09 Å². The van der Waals surface area contributed by atoms with Crippen molar-refractivity contribution in [3.63, 3.8) is 0 Å². The van der Waals surface area contributed by atoms with Crippen LogP contribution in [0.2, 0.25) is 0 Å². The minimum absolute atomic E-state index is 0.353. The second kappa shape index (κ2) is 5.94. The third-order valence-corrected chi connectivity index (χ3v) is 2.70. The van der Waals surface area contributed by atoms with Crippen LogP contribution in [-0.4, -0.2) is 27.2 Å². The van der Waals surface area contributed by atoms with Crippen LogP contribution in [-0.2, 0) is 9.53 Å². The zero-order chi connectivity index (χ0) is 15.5. The topological polar surface area (TPSA) is 99.2 Å². The van der Waals surface area contributed by atoms with Gasteiger partial charge in [-0.05, 0) is 34.6 Å². The molecule has 2 atom stereocenters. The molecule has 0 spiro atoms. The number of hydrogen-bond donors (Lipinski definition) is 2. The molecule has 7 nitrogen and oxygen atoms in total. The number of aromatic nitrogens is 2. The summed E-state index contributed by atoms with van der Waals surface area (Å²) in [7, 11) is 0. The Morgan fingerprint density at radius 2 is 2.00 bits per heavy atom. The zero-order valence-electron chi connectivity index (χ0n) is 12.5. The second-order valence-corrected chi connectivity index (χ2v) is 5.67. The molecule has 0 saturated heterocycles. The summed E-state index contributed by atoms with van der Waals surface area (Å²) in [6.45, 7) is 8.82. The predicted octanol–water partition coefficient (Wildman–Crippen LogP) is 1.52. The maximum absolute atomic E-state index is 11.7. The molecular weight excluding hydrogens is 260 g/mol. The van der Waals surface area contributed by atoms with E-state index >= 15 is 0 Å². The molecule has 3 N–H and O–H groups in total. The van der Waals surface area contributed by atoms with Crippen LogP contribution in [0.25, 0.3) is 0 Å². The molecule has 0 aliphatic carbocycles. The van der Waals surface area contributed by atoms with E-state index < -0.39 is 23.6 Å². The minimum Gasteiger partial charge on any atom is -0.444 e. The van der Waals surface area contributed by atoms with Gasteiger partial charge in [0.05, 0.1) is 24.3 Å². The molecule has 0 fully saturated rings. The number of primary amides is 1. The normalized spacial score (nSPS) is 14.4. The fourth-order valence-electron chi connectivity index (χ4n) is 1.67. The maximum atomic E-state index is 11.7. The molecule has 1 unspecified atom stereocenters. The molecule has 0 radical (unpaired) electrons. The molecule has 1 rings (SSSR count).